The predicted octanol–water partition coefficient (Wildman–Crippen LogP) is 2.38. The van der Waals surface area contributed by atoms with Crippen LogP contribution in [0.4, 0.5) is 0 Å². The molecular weight excluding hydrogens is 304 g/mol. The van der Waals surface area contributed by atoms with Crippen molar-refractivity contribution < 1.29 is 9.53 Å². The fourth-order valence-electron chi connectivity index (χ4n) is 2.62. The van der Waals surface area contributed by atoms with E-state index < -0.39 is 0 Å². The Hall–Kier alpha value is -3.15. The molecule has 1 aromatic carbocycles. The molecule has 0 unspecified atom stereocenters. The van der Waals surface area contributed by atoms with Crippen LogP contribution in [0.5, 0.6) is 5.88 Å². The van der Waals surface area contributed by atoms with Gasteiger partial charge in [-0.25, -0.2) is 4.98 Å². The lowest BCUT2D eigenvalue weighted by Gasteiger charge is -2.38. The van der Waals surface area contributed by atoms with E-state index in [0.717, 1.165) is 11.3 Å². The fourth-order valence-corrected chi connectivity index (χ4v) is 2.62. The van der Waals surface area contributed by atoms with Gasteiger partial charge in [0.05, 0.1) is 18.8 Å². The number of aromatic nitrogens is 3. The van der Waals surface area contributed by atoms with Crippen LogP contribution in [0.1, 0.15) is 10.5 Å². The van der Waals surface area contributed by atoms with Gasteiger partial charge in [0.1, 0.15) is 11.8 Å². The molecule has 120 valence electrons. The summed E-state index contributed by atoms with van der Waals surface area (Å²) in [4.78, 5) is 18.3. The molecule has 0 saturated carbocycles. The second-order valence-corrected chi connectivity index (χ2v) is 5.65. The summed E-state index contributed by atoms with van der Waals surface area (Å²) in [5, 5.41) is 7.04. The van der Waals surface area contributed by atoms with Crippen LogP contribution in [-0.4, -0.2) is 45.2 Å². The van der Waals surface area contributed by atoms with Gasteiger partial charge in [-0.1, -0.05) is 36.4 Å². The third-order valence-corrected chi connectivity index (χ3v) is 3.94. The van der Waals surface area contributed by atoms with Gasteiger partial charge in [0.2, 0.25) is 5.88 Å². The minimum Gasteiger partial charge on any atom is -0.471 e. The van der Waals surface area contributed by atoms with Gasteiger partial charge >= 0.3 is 0 Å². The van der Waals surface area contributed by atoms with Crippen LogP contribution in [0.25, 0.3) is 11.3 Å². The van der Waals surface area contributed by atoms with Crippen molar-refractivity contribution in [3.05, 3.63) is 66.5 Å². The Balaban J connectivity index is 1.37. The maximum absolute atomic E-state index is 12.5. The Kier molecular flexibility index (Phi) is 3.70. The Morgan fingerprint density at radius 3 is 2.67 bits per heavy atom. The first-order valence-corrected chi connectivity index (χ1v) is 7.77. The molecule has 0 aliphatic carbocycles. The van der Waals surface area contributed by atoms with E-state index in [1.807, 2.05) is 48.5 Å². The molecule has 6 nitrogen and oxygen atoms in total. The number of hydrogen-bond acceptors (Lipinski definition) is 4. The number of carbonyl (C=O) groups excluding carboxylic acids is 1. The number of amides is 1. The normalized spacial score (nSPS) is 14.2. The largest absolute Gasteiger partial charge is 0.471 e. The second kappa shape index (κ2) is 6.16. The van der Waals surface area contributed by atoms with Gasteiger partial charge in [0.25, 0.3) is 5.91 Å². The number of ether oxygens (including phenoxy) is 1. The molecule has 1 saturated heterocycles. The van der Waals surface area contributed by atoms with Gasteiger partial charge in [-0.15, -0.1) is 0 Å². The van der Waals surface area contributed by atoms with Crippen molar-refractivity contribution in [1.29, 1.82) is 0 Å². The molecular formula is C18H16N4O2. The highest BCUT2D eigenvalue weighted by Crippen LogP contribution is 2.21. The zero-order valence-electron chi connectivity index (χ0n) is 12.9. The number of hydrogen-bond donors (Lipinski definition) is 1. The zero-order chi connectivity index (χ0) is 16.4. The standard InChI is InChI=1S/C18H16N4O2/c23-18(16-10-15(20-21-16)13-6-2-1-3-7-13)22-11-14(12-22)24-17-8-4-5-9-19-17/h1-10,14H,11-12H2,(H,20,21). The molecule has 1 amide bonds. The van der Waals surface area contributed by atoms with Crippen LogP contribution in [0, 0.1) is 0 Å². The number of H-pyrrole nitrogens is 1. The maximum Gasteiger partial charge on any atom is 0.272 e. The summed E-state index contributed by atoms with van der Waals surface area (Å²) in [6.45, 7) is 1.10. The first-order valence-electron chi connectivity index (χ1n) is 7.77. The van der Waals surface area contributed by atoms with Gasteiger partial charge in [-0.2, -0.15) is 5.10 Å². The molecule has 1 aliphatic rings. The maximum atomic E-state index is 12.5. The Labute approximate surface area is 139 Å². The number of pyridine rings is 1. The lowest BCUT2D eigenvalue weighted by Crippen LogP contribution is -2.56. The fraction of sp³-hybridized carbons (Fsp3) is 0.167. The molecule has 4 rings (SSSR count). The topological polar surface area (TPSA) is 71.1 Å². The van der Waals surface area contributed by atoms with Crippen molar-refractivity contribution in [2.45, 2.75) is 6.10 Å². The highest BCUT2D eigenvalue weighted by Gasteiger charge is 2.33. The van der Waals surface area contributed by atoms with Crippen LogP contribution in [0.2, 0.25) is 0 Å². The summed E-state index contributed by atoms with van der Waals surface area (Å²) in [5.74, 6) is 0.521. The van der Waals surface area contributed by atoms with Gasteiger partial charge in [-0.05, 0) is 12.1 Å². The van der Waals surface area contributed by atoms with E-state index in [1.54, 1.807) is 17.2 Å². The molecule has 1 aliphatic heterocycles. The molecule has 0 radical (unpaired) electrons. The molecule has 3 heterocycles. The molecule has 1 N–H and O–H groups in total. The molecule has 1 fully saturated rings. The molecule has 24 heavy (non-hydrogen) atoms. The summed E-state index contributed by atoms with van der Waals surface area (Å²) < 4.78 is 5.71. The van der Waals surface area contributed by atoms with Gasteiger partial charge in [0, 0.05) is 17.8 Å². The quantitative estimate of drug-likeness (QED) is 0.801. The number of aromatic amines is 1. The highest BCUT2D eigenvalue weighted by atomic mass is 16.5. The van der Waals surface area contributed by atoms with Gasteiger partial charge in [0.15, 0.2) is 0 Å². The zero-order valence-corrected chi connectivity index (χ0v) is 12.9. The monoisotopic (exact) mass is 320 g/mol. The van der Waals surface area contributed by atoms with E-state index in [9.17, 15) is 4.79 Å². The van der Waals surface area contributed by atoms with Crippen molar-refractivity contribution in [1.82, 2.24) is 20.1 Å². The molecule has 0 bridgehead atoms. The van der Waals surface area contributed by atoms with E-state index >= 15 is 0 Å². The summed E-state index contributed by atoms with van der Waals surface area (Å²) >= 11 is 0. The summed E-state index contributed by atoms with van der Waals surface area (Å²) in [7, 11) is 0. The molecule has 0 spiro atoms. The van der Waals surface area contributed by atoms with Gasteiger partial charge < -0.3 is 9.64 Å². The summed E-state index contributed by atoms with van der Waals surface area (Å²) in [5.41, 5.74) is 2.23. The number of rotatable bonds is 4. The van der Waals surface area contributed by atoms with Crippen molar-refractivity contribution in [3.63, 3.8) is 0 Å². The van der Waals surface area contributed by atoms with E-state index in [1.165, 1.54) is 0 Å². The molecule has 2 aromatic heterocycles. The molecule has 0 atom stereocenters. The average Bonchev–Trinajstić information content (AvgIpc) is 3.09. The van der Waals surface area contributed by atoms with Crippen LogP contribution in [0.3, 0.4) is 0 Å². The van der Waals surface area contributed by atoms with Gasteiger partial charge in [-0.3, -0.25) is 9.89 Å². The third kappa shape index (κ3) is 2.86. The van der Waals surface area contributed by atoms with Crippen molar-refractivity contribution in [3.8, 4) is 17.1 Å². The summed E-state index contributed by atoms with van der Waals surface area (Å²) in [6.07, 6.45) is 1.67. The Bertz CT molecular complexity index is 826. The van der Waals surface area contributed by atoms with Crippen molar-refractivity contribution >= 4 is 5.91 Å². The smallest absolute Gasteiger partial charge is 0.272 e. The lowest BCUT2D eigenvalue weighted by atomic mass is 10.1. The third-order valence-electron chi connectivity index (χ3n) is 3.94. The minimum atomic E-state index is -0.0643. The van der Waals surface area contributed by atoms with Crippen LogP contribution < -0.4 is 4.74 Å². The first-order chi connectivity index (χ1) is 11.8. The summed E-state index contributed by atoms with van der Waals surface area (Å²) in [6, 6.07) is 17.1. The highest BCUT2D eigenvalue weighted by molar-refractivity contribution is 5.94. The lowest BCUT2D eigenvalue weighted by molar-refractivity contribution is 0.0156. The van der Waals surface area contributed by atoms with Crippen molar-refractivity contribution in [2.24, 2.45) is 0 Å². The Morgan fingerprint density at radius 2 is 1.92 bits per heavy atom. The van der Waals surface area contributed by atoms with E-state index in [0.29, 0.717) is 24.7 Å². The van der Waals surface area contributed by atoms with Crippen molar-refractivity contribution in [2.75, 3.05) is 13.1 Å². The second-order valence-electron chi connectivity index (χ2n) is 5.65. The molecule has 3 aromatic rings. The number of likely N-dealkylation sites (tertiary alicyclic amines) is 1. The minimum absolute atomic E-state index is 0.0136. The average molecular weight is 320 g/mol. The van der Waals surface area contributed by atoms with E-state index in [4.69, 9.17) is 4.74 Å². The van der Waals surface area contributed by atoms with E-state index in [-0.39, 0.29) is 12.0 Å². The Morgan fingerprint density at radius 1 is 1.12 bits per heavy atom. The van der Waals surface area contributed by atoms with E-state index in [2.05, 4.69) is 15.2 Å². The SMILES string of the molecule is O=C(c1cc(-c2ccccc2)n[nH]1)N1CC(Oc2ccccn2)C1. The number of carbonyl (C=O) groups is 1. The predicted molar refractivity (Wildman–Crippen MR) is 88.6 cm³/mol. The number of nitrogens with one attached hydrogen (secondary N) is 1. The van der Waals surface area contributed by atoms with Crippen LogP contribution >= 0.6 is 0 Å². The van der Waals surface area contributed by atoms with Crippen LogP contribution in [0.15, 0.2) is 60.8 Å². The van der Waals surface area contributed by atoms with Crippen LogP contribution in [-0.2, 0) is 0 Å². The number of nitrogens with zero attached hydrogens (tertiary/aromatic N) is 3. The number of benzene rings is 1. The molecule has 6 heteroatoms. The first kappa shape index (κ1) is 14.4.